The molecule has 0 bridgehead atoms. The van der Waals surface area contributed by atoms with Crippen LogP contribution in [0.5, 0.6) is 0 Å². The molecule has 1 fully saturated rings. The van der Waals surface area contributed by atoms with Crippen molar-refractivity contribution in [3.63, 3.8) is 0 Å². The van der Waals surface area contributed by atoms with Gasteiger partial charge in [0.1, 0.15) is 18.5 Å². The molecule has 0 atom stereocenters. The predicted molar refractivity (Wildman–Crippen MR) is 55.7 cm³/mol. The minimum absolute atomic E-state index is 0.648. The molecule has 2 aromatic rings. The first-order valence-corrected chi connectivity index (χ1v) is 5.24. The van der Waals surface area contributed by atoms with E-state index in [0.717, 1.165) is 5.82 Å². The molecule has 0 amide bonds. The van der Waals surface area contributed by atoms with Gasteiger partial charge in [0, 0.05) is 30.1 Å². The van der Waals surface area contributed by atoms with Gasteiger partial charge in [-0.05, 0) is 12.8 Å². The highest BCUT2D eigenvalue weighted by molar-refractivity contribution is 5.26. The van der Waals surface area contributed by atoms with E-state index in [2.05, 4.69) is 21.0 Å². The molecule has 1 aliphatic carbocycles. The molecule has 2 heterocycles. The maximum absolute atomic E-state index is 4.33. The van der Waals surface area contributed by atoms with Crippen molar-refractivity contribution in [2.45, 2.75) is 25.2 Å². The van der Waals surface area contributed by atoms with Gasteiger partial charge in [-0.15, -0.1) is 0 Å². The molecule has 4 nitrogen and oxygen atoms in total. The van der Waals surface area contributed by atoms with E-state index in [1.807, 2.05) is 10.8 Å². The number of nitrogens with zero attached hydrogens (tertiary/aromatic N) is 4. The van der Waals surface area contributed by atoms with Crippen molar-refractivity contribution >= 4 is 0 Å². The smallest absolute Gasteiger partial charge is 0.141 e. The number of hydrogen-bond donors (Lipinski definition) is 0. The number of hydrogen-bond acceptors (Lipinski definition) is 3. The average molecular weight is 200 g/mol. The van der Waals surface area contributed by atoms with Crippen LogP contribution in [0.3, 0.4) is 0 Å². The van der Waals surface area contributed by atoms with E-state index < -0.39 is 0 Å². The molecule has 0 radical (unpaired) electrons. The summed E-state index contributed by atoms with van der Waals surface area (Å²) < 4.78 is 1.91. The summed E-state index contributed by atoms with van der Waals surface area (Å²) in [5.74, 6) is 1.56. The molecule has 4 heteroatoms. The van der Waals surface area contributed by atoms with Gasteiger partial charge in [0.25, 0.3) is 0 Å². The van der Waals surface area contributed by atoms with E-state index in [1.54, 1.807) is 18.9 Å². The summed E-state index contributed by atoms with van der Waals surface area (Å²) in [4.78, 5) is 12.6. The SMILES string of the molecule is c1cn(-c2cc(C3CCC3)ncn2)cn1. The van der Waals surface area contributed by atoms with Gasteiger partial charge >= 0.3 is 0 Å². The number of imidazole rings is 1. The summed E-state index contributed by atoms with van der Waals surface area (Å²) >= 11 is 0. The second-order valence-electron chi connectivity index (χ2n) is 3.90. The maximum atomic E-state index is 4.33. The molecular weight excluding hydrogens is 188 g/mol. The molecular formula is C11H12N4. The Hall–Kier alpha value is -1.71. The monoisotopic (exact) mass is 200 g/mol. The fourth-order valence-electron chi connectivity index (χ4n) is 1.82. The molecule has 0 aliphatic heterocycles. The lowest BCUT2D eigenvalue weighted by atomic mass is 9.83. The van der Waals surface area contributed by atoms with Crippen LogP contribution in [-0.4, -0.2) is 19.5 Å². The van der Waals surface area contributed by atoms with E-state index >= 15 is 0 Å². The molecule has 1 saturated carbocycles. The highest BCUT2D eigenvalue weighted by Crippen LogP contribution is 2.35. The Labute approximate surface area is 88.0 Å². The zero-order valence-corrected chi connectivity index (χ0v) is 8.37. The highest BCUT2D eigenvalue weighted by atomic mass is 15.1. The van der Waals surface area contributed by atoms with Gasteiger partial charge in [-0.2, -0.15) is 0 Å². The summed E-state index contributed by atoms with van der Waals surface area (Å²) in [6.07, 6.45) is 10.9. The Bertz CT molecular complexity index is 445. The van der Waals surface area contributed by atoms with Gasteiger partial charge in [-0.3, -0.25) is 4.57 Å². The molecule has 2 aromatic heterocycles. The van der Waals surface area contributed by atoms with Gasteiger partial charge in [-0.1, -0.05) is 6.42 Å². The van der Waals surface area contributed by atoms with Gasteiger partial charge in [0.15, 0.2) is 0 Å². The zero-order chi connectivity index (χ0) is 10.1. The third-order valence-electron chi connectivity index (χ3n) is 2.97. The second-order valence-corrected chi connectivity index (χ2v) is 3.90. The first kappa shape index (κ1) is 8.59. The van der Waals surface area contributed by atoms with Crippen molar-refractivity contribution < 1.29 is 0 Å². The second kappa shape index (κ2) is 3.46. The largest absolute Gasteiger partial charge is 0.290 e. The number of aromatic nitrogens is 4. The van der Waals surface area contributed by atoms with Gasteiger partial charge < -0.3 is 0 Å². The predicted octanol–water partition coefficient (Wildman–Crippen LogP) is 1.93. The summed E-state index contributed by atoms with van der Waals surface area (Å²) in [5, 5.41) is 0. The van der Waals surface area contributed by atoms with Crippen LogP contribution in [0.1, 0.15) is 30.9 Å². The van der Waals surface area contributed by atoms with Crippen LogP contribution in [0.4, 0.5) is 0 Å². The van der Waals surface area contributed by atoms with E-state index in [9.17, 15) is 0 Å². The Kier molecular flexibility index (Phi) is 1.98. The summed E-state index contributed by atoms with van der Waals surface area (Å²) in [6.45, 7) is 0. The molecule has 0 aromatic carbocycles. The molecule has 1 aliphatic rings. The van der Waals surface area contributed by atoms with Crippen molar-refractivity contribution in [2.24, 2.45) is 0 Å². The number of rotatable bonds is 2. The minimum Gasteiger partial charge on any atom is -0.290 e. The molecule has 0 unspecified atom stereocenters. The van der Waals surface area contributed by atoms with Crippen molar-refractivity contribution in [2.75, 3.05) is 0 Å². The lowest BCUT2D eigenvalue weighted by molar-refractivity contribution is 0.410. The normalized spacial score (nSPS) is 16.3. The highest BCUT2D eigenvalue weighted by Gasteiger charge is 2.21. The van der Waals surface area contributed by atoms with Crippen LogP contribution in [-0.2, 0) is 0 Å². The average Bonchev–Trinajstić information content (AvgIpc) is 2.68. The van der Waals surface area contributed by atoms with E-state index in [0.29, 0.717) is 5.92 Å². The van der Waals surface area contributed by atoms with Crippen molar-refractivity contribution in [3.05, 3.63) is 36.8 Å². The third-order valence-corrected chi connectivity index (χ3v) is 2.97. The van der Waals surface area contributed by atoms with Crippen LogP contribution in [0, 0.1) is 0 Å². The summed E-state index contributed by atoms with van der Waals surface area (Å²) in [7, 11) is 0. The van der Waals surface area contributed by atoms with Crippen LogP contribution in [0.15, 0.2) is 31.1 Å². The van der Waals surface area contributed by atoms with Crippen molar-refractivity contribution in [3.8, 4) is 5.82 Å². The van der Waals surface area contributed by atoms with Gasteiger partial charge in [0.05, 0.1) is 0 Å². The topological polar surface area (TPSA) is 43.6 Å². The lowest BCUT2D eigenvalue weighted by Crippen LogP contribution is -2.11. The molecule has 0 N–H and O–H groups in total. The van der Waals surface area contributed by atoms with Gasteiger partial charge in [-0.25, -0.2) is 15.0 Å². The molecule has 3 rings (SSSR count). The third kappa shape index (κ3) is 1.52. The standard InChI is InChI=1S/C11H12N4/c1-2-9(3-1)10-6-11(14-7-13-10)15-5-4-12-8-15/h4-9H,1-3H2. The zero-order valence-electron chi connectivity index (χ0n) is 8.37. The van der Waals surface area contributed by atoms with Crippen LogP contribution in [0.25, 0.3) is 5.82 Å². The first-order valence-electron chi connectivity index (χ1n) is 5.24. The fourth-order valence-corrected chi connectivity index (χ4v) is 1.82. The van der Waals surface area contributed by atoms with Crippen LogP contribution in [0.2, 0.25) is 0 Å². The molecule has 76 valence electrons. The Morgan fingerprint density at radius 2 is 2.20 bits per heavy atom. The molecule has 15 heavy (non-hydrogen) atoms. The summed E-state index contributed by atoms with van der Waals surface area (Å²) in [5.41, 5.74) is 1.17. The van der Waals surface area contributed by atoms with E-state index in [1.165, 1.54) is 25.0 Å². The quantitative estimate of drug-likeness (QED) is 0.744. The minimum atomic E-state index is 0.648. The first-order chi connectivity index (χ1) is 7.43. The van der Waals surface area contributed by atoms with Gasteiger partial charge in [0.2, 0.25) is 0 Å². The lowest BCUT2D eigenvalue weighted by Gasteiger charge is -2.24. The Morgan fingerprint density at radius 1 is 1.27 bits per heavy atom. The Morgan fingerprint density at radius 3 is 2.87 bits per heavy atom. The molecule has 0 saturated heterocycles. The van der Waals surface area contributed by atoms with E-state index in [4.69, 9.17) is 0 Å². The molecule has 0 spiro atoms. The van der Waals surface area contributed by atoms with E-state index in [-0.39, 0.29) is 0 Å². The summed E-state index contributed by atoms with van der Waals surface area (Å²) in [6, 6.07) is 2.06. The van der Waals surface area contributed by atoms with Crippen LogP contribution < -0.4 is 0 Å². The van der Waals surface area contributed by atoms with Crippen molar-refractivity contribution in [1.29, 1.82) is 0 Å². The fraction of sp³-hybridized carbons (Fsp3) is 0.364. The Balaban J connectivity index is 1.95. The van der Waals surface area contributed by atoms with Crippen molar-refractivity contribution in [1.82, 2.24) is 19.5 Å². The maximum Gasteiger partial charge on any atom is 0.141 e. The van der Waals surface area contributed by atoms with Crippen LogP contribution >= 0.6 is 0 Å².